The van der Waals surface area contributed by atoms with Crippen molar-refractivity contribution in [2.75, 3.05) is 0 Å². The Balaban J connectivity index is 0.000000724. The number of carbonyl (C=O) groups excluding carboxylic acids is 4. The second-order valence-corrected chi connectivity index (χ2v) is 14.5. The van der Waals surface area contributed by atoms with Gasteiger partial charge in [0, 0.05) is 24.8 Å². The summed E-state index contributed by atoms with van der Waals surface area (Å²) in [6, 6.07) is 37.3. The molecule has 4 amide bonds. The van der Waals surface area contributed by atoms with Crippen LogP contribution in [-0.2, 0) is 34.1 Å². The normalized spacial score (nSPS) is 10.2. The molecule has 0 aliphatic carbocycles. The first-order valence-electron chi connectivity index (χ1n) is 21.3. The molecule has 0 aliphatic rings. The van der Waals surface area contributed by atoms with Gasteiger partial charge in [0.2, 0.25) is 0 Å². The minimum atomic E-state index is -0.611. The van der Waals surface area contributed by atoms with E-state index in [1.54, 1.807) is 97.1 Å². The van der Waals surface area contributed by atoms with E-state index in [4.69, 9.17) is 0 Å². The molecule has 0 aliphatic heterocycles. The van der Waals surface area contributed by atoms with Crippen LogP contribution in [0.3, 0.4) is 0 Å². The number of rotatable bonds is 14. The van der Waals surface area contributed by atoms with Gasteiger partial charge in [-0.25, -0.2) is 21.7 Å². The van der Waals surface area contributed by atoms with E-state index < -0.39 is 23.6 Å². The average Bonchev–Trinajstić information content (AvgIpc) is 3.42. The minimum Gasteiger partial charge on any atom is -0.872 e. The quantitative estimate of drug-likeness (QED) is 0.0651. The molecule has 24 nitrogen and oxygen atoms in total. The molecule has 12 N–H and O–H groups in total. The van der Waals surface area contributed by atoms with Crippen molar-refractivity contribution < 1.29 is 95.6 Å². The summed E-state index contributed by atoms with van der Waals surface area (Å²) in [5, 5.41) is 62.6. The monoisotopic (exact) mass is 1140 g/mol. The maximum Gasteiger partial charge on any atom is 2.00 e. The summed E-state index contributed by atoms with van der Waals surface area (Å²) in [6.07, 6.45) is 10.8. The Morgan fingerprint density at radius 2 is 0.513 bits per heavy atom. The molecular formula is C52H44Fe2N12O12. The summed E-state index contributed by atoms with van der Waals surface area (Å²) >= 11 is 0. The second kappa shape index (κ2) is 33.1. The molecule has 4 aromatic heterocycles. The molecule has 4 heterocycles. The van der Waals surface area contributed by atoms with Crippen LogP contribution in [0.15, 0.2) is 191 Å². The molecule has 0 unspecified atom stereocenters. The maximum atomic E-state index is 12.8. The first-order valence-corrected chi connectivity index (χ1v) is 21.3. The summed E-state index contributed by atoms with van der Waals surface area (Å²) in [7, 11) is 0. The van der Waals surface area contributed by atoms with Crippen LogP contribution in [-0.4, -0.2) is 90.3 Å². The predicted octanol–water partition coefficient (Wildman–Crippen LogP) is 0.333. The van der Waals surface area contributed by atoms with Crippen molar-refractivity contribution in [3.8, 4) is 45.8 Å². The summed E-state index contributed by atoms with van der Waals surface area (Å²) in [5.74, 6) is -3.38. The van der Waals surface area contributed by atoms with Crippen molar-refractivity contribution in [3.05, 3.63) is 215 Å². The fourth-order valence-corrected chi connectivity index (χ4v) is 6.34. The first-order chi connectivity index (χ1) is 35.1. The van der Waals surface area contributed by atoms with E-state index in [2.05, 4.69) is 62.0 Å². The Morgan fingerprint density at radius 1 is 0.321 bits per heavy atom. The van der Waals surface area contributed by atoms with E-state index in [-0.39, 0.29) is 124 Å². The molecule has 78 heavy (non-hydrogen) atoms. The van der Waals surface area contributed by atoms with Crippen molar-refractivity contribution >= 4 is 48.5 Å². The number of nitrogens with one attached hydrogen (secondary N) is 4. The maximum absolute atomic E-state index is 12.8. The second-order valence-electron chi connectivity index (χ2n) is 14.5. The summed E-state index contributed by atoms with van der Waals surface area (Å²) < 4.78 is 0. The zero-order valence-electron chi connectivity index (χ0n) is 40.0. The standard InChI is InChI=1S/2C26H20N6O4.2Fe.4H2O/c2*33-21-11-3-1-7-17(21)15-29-31-25(35)19-9-5-13-27-23(19)24-20(10-6-14-28-24)26(36)32-30-16-18-8-2-4-12-22(18)34;;;;;;/h2*1-16,33-34H,(H,31,35)(H,32,36);;;4*1H2/q;;2*+2;;;;/p-4/b2*29-15+,30-16+;;;;;;. The number of para-hydroxylation sites is 4. The van der Waals surface area contributed by atoms with Gasteiger partial charge in [0.05, 0.1) is 47.1 Å². The Labute approximate surface area is 464 Å². The van der Waals surface area contributed by atoms with E-state index in [1.165, 1.54) is 98.2 Å². The third-order valence-electron chi connectivity index (χ3n) is 9.81. The van der Waals surface area contributed by atoms with Gasteiger partial charge in [0.1, 0.15) is 22.8 Å². The van der Waals surface area contributed by atoms with E-state index in [0.717, 1.165) is 0 Å². The topological polar surface area (TPSA) is 436 Å². The van der Waals surface area contributed by atoms with Gasteiger partial charge in [0.15, 0.2) is 0 Å². The molecule has 8 rings (SSSR count). The van der Waals surface area contributed by atoms with Crippen LogP contribution in [0.25, 0.3) is 22.8 Å². The number of amides is 4. The van der Waals surface area contributed by atoms with Crippen LogP contribution in [0.5, 0.6) is 23.0 Å². The molecule has 0 saturated carbocycles. The number of aromatic nitrogens is 4. The van der Waals surface area contributed by atoms with Gasteiger partial charge in [0.25, 0.3) is 23.6 Å². The van der Waals surface area contributed by atoms with Gasteiger partial charge >= 0.3 is 34.1 Å². The van der Waals surface area contributed by atoms with Gasteiger partial charge < -0.3 is 42.3 Å². The van der Waals surface area contributed by atoms with Gasteiger partial charge in [-0.1, -0.05) is 120 Å². The molecule has 0 fully saturated rings. The SMILES string of the molecule is O.O.O.O.O=C(N/N=C/c1ccccc1[O-])c1cccnc1-c1ncccc1C(=O)N/N=C/c1ccccc1[O-].O=C(N/N=C/c1ccccc1[O-])c1cccnc1-c1ncccc1C(=O)N/N=C/c1ccccc1[O-].[Fe+2].[Fe+2]. The number of pyridine rings is 4. The number of carbonyl (C=O) groups is 4. The molecule has 26 heteroatoms. The van der Waals surface area contributed by atoms with Gasteiger partial charge in [-0.2, -0.15) is 20.4 Å². The molecular weight excluding hydrogens is 1100 g/mol. The van der Waals surface area contributed by atoms with Crippen LogP contribution in [0.2, 0.25) is 0 Å². The summed E-state index contributed by atoms with van der Waals surface area (Å²) in [6.45, 7) is 0. The Hall–Kier alpha value is -9.88. The molecule has 0 atom stereocenters. The van der Waals surface area contributed by atoms with Crippen molar-refractivity contribution in [2.24, 2.45) is 20.4 Å². The smallest absolute Gasteiger partial charge is 0.872 e. The fraction of sp³-hybridized carbons (Fsp3) is 0. The van der Waals surface area contributed by atoms with Gasteiger partial charge in [-0.3, -0.25) is 39.1 Å². The van der Waals surface area contributed by atoms with E-state index in [9.17, 15) is 39.6 Å². The fourth-order valence-electron chi connectivity index (χ4n) is 6.34. The number of hydrogen-bond acceptors (Lipinski definition) is 16. The average molecular weight is 1140 g/mol. The van der Waals surface area contributed by atoms with Crippen LogP contribution >= 0.6 is 0 Å². The van der Waals surface area contributed by atoms with Crippen LogP contribution < -0.4 is 42.1 Å². The number of hydrogen-bond donors (Lipinski definition) is 4. The zero-order chi connectivity index (χ0) is 50.7. The van der Waals surface area contributed by atoms with Gasteiger partial charge in [-0.05, 0) is 70.8 Å². The molecule has 400 valence electrons. The third-order valence-corrected chi connectivity index (χ3v) is 9.81. The molecule has 0 bridgehead atoms. The van der Waals surface area contributed by atoms with Crippen molar-refractivity contribution in [1.82, 2.24) is 41.6 Å². The third kappa shape index (κ3) is 17.6. The zero-order valence-corrected chi connectivity index (χ0v) is 42.2. The number of nitrogens with zero attached hydrogens (tertiary/aromatic N) is 8. The van der Waals surface area contributed by atoms with Crippen LogP contribution in [0, 0.1) is 0 Å². The first kappa shape index (κ1) is 66.1. The summed E-state index contributed by atoms with van der Waals surface area (Å²) in [5.41, 5.74) is 11.7. The predicted molar refractivity (Wildman–Crippen MR) is 273 cm³/mol. The summed E-state index contributed by atoms with van der Waals surface area (Å²) in [4.78, 5) is 68.3. The van der Waals surface area contributed by atoms with E-state index >= 15 is 0 Å². The van der Waals surface area contributed by atoms with Crippen molar-refractivity contribution in [1.29, 1.82) is 0 Å². The molecule has 8 aromatic rings. The van der Waals surface area contributed by atoms with Crippen molar-refractivity contribution in [2.45, 2.75) is 0 Å². The Kier molecular flexibility index (Phi) is 28.1. The van der Waals surface area contributed by atoms with Crippen LogP contribution in [0.1, 0.15) is 63.7 Å². The minimum absolute atomic E-state index is 0. The Morgan fingerprint density at radius 3 is 0.705 bits per heavy atom. The van der Waals surface area contributed by atoms with E-state index in [1.807, 2.05) is 0 Å². The van der Waals surface area contributed by atoms with Crippen molar-refractivity contribution in [3.63, 3.8) is 0 Å². The Bertz CT molecular complexity index is 2960. The van der Waals surface area contributed by atoms with Crippen LogP contribution in [0.4, 0.5) is 0 Å². The number of benzene rings is 4. The molecule has 0 radical (unpaired) electrons. The van der Waals surface area contributed by atoms with Gasteiger partial charge in [-0.15, -0.1) is 0 Å². The largest absolute Gasteiger partial charge is 2.00 e. The molecule has 0 saturated heterocycles. The molecule has 0 spiro atoms. The number of hydrazone groups is 4. The van der Waals surface area contributed by atoms with E-state index in [0.29, 0.717) is 22.3 Å². The molecule has 4 aromatic carbocycles.